The molecule has 0 saturated carbocycles. The fourth-order valence-corrected chi connectivity index (χ4v) is 1.27. The van der Waals surface area contributed by atoms with Crippen LogP contribution in [0.25, 0.3) is 5.57 Å². The lowest BCUT2D eigenvalue weighted by Crippen LogP contribution is -1.93. The molecule has 0 bridgehead atoms. The van der Waals surface area contributed by atoms with Gasteiger partial charge in [-0.25, -0.2) is 4.99 Å². The van der Waals surface area contributed by atoms with Gasteiger partial charge in [0.2, 0.25) is 0 Å². The van der Waals surface area contributed by atoms with E-state index in [1.54, 1.807) is 18.3 Å². The van der Waals surface area contributed by atoms with Crippen LogP contribution in [0.4, 0.5) is 0 Å². The minimum Gasteiger partial charge on any atom is -0.507 e. The maximum absolute atomic E-state index is 9.58. The number of phenolic OH excluding ortho intramolecular Hbond substituents is 1. The maximum atomic E-state index is 9.58. The van der Waals surface area contributed by atoms with Gasteiger partial charge < -0.3 is 10.8 Å². The molecule has 0 radical (unpaired) electrons. The first-order chi connectivity index (χ1) is 8.08. The SMILES string of the molecule is C=C(N)/N=C\C(=C/C)c1ccc(C#N)c(O)c1. The summed E-state index contributed by atoms with van der Waals surface area (Å²) in [5.74, 6) is 0.159. The third-order valence-corrected chi connectivity index (χ3v) is 2.13. The smallest absolute Gasteiger partial charge is 0.133 e. The Balaban J connectivity index is 3.11. The Kier molecular flexibility index (Phi) is 4.07. The van der Waals surface area contributed by atoms with E-state index in [0.29, 0.717) is 0 Å². The van der Waals surface area contributed by atoms with Crippen molar-refractivity contribution in [3.8, 4) is 11.8 Å². The van der Waals surface area contributed by atoms with Gasteiger partial charge in [-0.3, -0.25) is 0 Å². The molecular formula is C13H13N3O. The number of allylic oxidation sites excluding steroid dienone is 2. The van der Waals surface area contributed by atoms with E-state index in [9.17, 15) is 5.11 Å². The van der Waals surface area contributed by atoms with E-state index in [1.807, 2.05) is 19.1 Å². The van der Waals surface area contributed by atoms with E-state index in [1.165, 1.54) is 6.07 Å². The summed E-state index contributed by atoms with van der Waals surface area (Å²) in [7, 11) is 0. The summed E-state index contributed by atoms with van der Waals surface area (Å²) in [5, 5.41) is 18.3. The minimum atomic E-state index is -0.0516. The van der Waals surface area contributed by atoms with Crippen LogP contribution in [0.1, 0.15) is 18.1 Å². The van der Waals surface area contributed by atoms with Gasteiger partial charge >= 0.3 is 0 Å². The molecule has 0 fully saturated rings. The quantitative estimate of drug-likeness (QED) is 0.776. The Bertz CT molecular complexity index is 536. The molecule has 0 unspecified atom stereocenters. The molecule has 1 aromatic rings. The molecule has 4 nitrogen and oxygen atoms in total. The predicted molar refractivity (Wildman–Crippen MR) is 68.3 cm³/mol. The lowest BCUT2D eigenvalue weighted by Gasteiger charge is -2.03. The standard InChI is InChI=1S/C13H13N3O/c1-3-10(8-16-9(2)15)11-4-5-12(7-14)13(17)6-11/h3-6,8,17H,2,15H2,1H3/b10-3+,16-8-. The first kappa shape index (κ1) is 12.5. The van der Waals surface area contributed by atoms with Crippen LogP contribution >= 0.6 is 0 Å². The zero-order chi connectivity index (χ0) is 12.8. The Morgan fingerprint density at radius 3 is 2.76 bits per heavy atom. The van der Waals surface area contributed by atoms with Crippen molar-refractivity contribution in [1.82, 2.24) is 0 Å². The highest BCUT2D eigenvalue weighted by Gasteiger charge is 2.03. The number of nitrogens with two attached hydrogens (primary N) is 1. The summed E-state index contributed by atoms with van der Waals surface area (Å²) in [4.78, 5) is 3.89. The minimum absolute atomic E-state index is 0.0516. The van der Waals surface area contributed by atoms with Crippen LogP contribution in [-0.4, -0.2) is 11.3 Å². The van der Waals surface area contributed by atoms with Crippen molar-refractivity contribution in [2.75, 3.05) is 0 Å². The van der Waals surface area contributed by atoms with E-state index < -0.39 is 0 Å². The zero-order valence-electron chi connectivity index (χ0n) is 9.51. The van der Waals surface area contributed by atoms with Gasteiger partial charge in [0.15, 0.2) is 0 Å². The van der Waals surface area contributed by atoms with Gasteiger partial charge in [0.25, 0.3) is 0 Å². The third-order valence-electron chi connectivity index (χ3n) is 2.13. The van der Waals surface area contributed by atoms with Gasteiger partial charge in [-0.05, 0) is 30.2 Å². The Labute approximate surface area is 100 Å². The molecule has 17 heavy (non-hydrogen) atoms. The Hall–Kier alpha value is -2.54. The summed E-state index contributed by atoms with van der Waals surface area (Å²) in [5.41, 5.74) is 7.12. The van der Waals surface area contributed by atoms with Crippen LogP contribution in [0.5, 0.6) is 5.75 Å². The number of nitrogens with zero attached hydrogens (tertiary/aromatic N) is 2. The van der Waals surface area contributed by atoms with E-state index >= 15 is 0 Å². The van der Waals surface area contributed by atoms with Crippen molar-refractivity contribution in [1.29, 1.82) is 5.26 Å². The average Bonchev–Trinajstić information content (AvgIpc) is 2.29. The van der Waals surface area contributed by atoms with Gasteiger partial charge in [-0.15, -0.1) is 0 Å². The summed E-state index contributed by atoms with van der Waals surface area (Å²) in [6.07, 6.45) is 3.39. The molecule has 3 N–H and O–H groups in total. The van der Waals surface area contributed by atoms with Gasteiger partial charge in [0.05, 0.1) is 5.56 Å². The summed E-state index contributed by atoms with van der Waals surface area (Å²) in [6.45, 7) is 5.30. The average molecular weight is 227 g/mol. The van der Waals surface area contributed by atoms with Gasteiger partial charge in [-0.1, -0.05) is 18.7 Å². The number of nitriles is 1. The van der Waals surface area contributed by atoms with Gasteiger partial charge in [0, 0.05) is 6.21 Å². The van der Waals surface area contributed by atoms with Crippen molar-refractivity contribution in [2.45, 2.75) is 6.92 Å². The van der Waals surface area contributed by atoms with Crippen molar-refractivity contribution in [2.24, 2.45) is 10.7 Å². The first-order valence-corrected chi connectivity index (χ1v) is 4.96. The number of rotatable bonds is 3. The molecule has 86 valence electrons. The van der Waals surface area contributed by atoms with Crippen LogP contribution in [0.2, 0.25) is 0 Å². The fourth-order valence-electron chi connectivity index (χ4n) is 1.27. The molecular weight excluding hydrogens is 214 g/mol. The second kappa shape index (κ2) is 5.52. The van der Waals surface area contributed by atoms with Crippen LogP contribution in [0.15, 0.2) is 41.7 Å². The van der Waals surface area contributed by atoms with Crippen LogP contribution in [0, 0.1) is 11.3 Å². The highest BCUT2D eigenvalue weighted by Crippen LogP contribution is 2.22. The second-order valence-electron chi connectivity index (χ2n) is 3.34. The van der Waals surface area contributed by atoms with Crippen LogP contribution < -0.4 is 5.73 Å². The van der Waals surface area contributed by atoms with Gasteiger partial charge in [-0.2, -0.15) is 5.26 Å². The largest absolute Gasteiger partial charge is 0.507 e. The topological polar surface area (TPSA) is 82.4 Å². The fraction of sp³-hybridized carbons (Fsp3) is 0.0769. The molecule has 0 aromatic heterocycles. The normalized spacial score (nSPS) is 11.4. The molecule has 0 spiro atoms. The molecule has 0 amide bonds. The molecule has 0 atom stereocenters. The van der Waals surface area contributed by atoms with E-state index in [-0.39, 0.29) is 17.1 Å². The number of hydrogen-bond donors (Lipinski definition) is 2. The number of phenols is 1. The first-order valence-electron chi connectivity index (χ1n) is 4.96. The van der Waals surface area contributed by atoms with E-state index in [4.69, 9.17) is 11.0 Å². The van der Waals surface area contributed by atoms with Crippen molar-refractivity contribution < 1.29 is 5.11 Å². The molecule has 0 heterocycles. The number of hydrogen-bond acceptors (Lipinski definition) is 4. The van der Waals surface area contributed by atoms with E-state index in [0.717, 1.165) is 11.1 Å². The lowest BCUT2D eigenvalue weighted by atomic mass is 10.0. The van der Waals surface area contributed by atoms with Crippen molar-refractivity contribution in [3.05, 3.63) is 47.8 Å². The molecule has 0 aliphatic rings. The highest BCUT2D eigenvalue weighted by molar-refractivity contribution is 6.10. The molecule has 0 aliphatic heterocycles. The van der Waals surface area contributed by atoms with Crippen LogP contribution in [-0.2, 0) is 0 Å². The van der Waals surface area contributed by atoms with Gasteiger partial charge in [0.1, 0.15) is 17.6 Å². The summed E-state index contributed by atoms with van der Waals surface area (Å²) < 4.78 is 0. The number of aromatic hydroxyl groups is 1. The molecule has 0 saturated heterocycles. The van der Waals surface area contributed by atoms with Crippen molar-refractivity contribution >= 4 is 11.8 Å². The Morgan fingerprint density at radius 1 is 1.59 bits per heavy atom. The third kappa shape index (κ3) is 3.21. The summed E-state index contributed by atoms with van der Waals surface area (Å²) >= 11 is 0. The second-order valence-corrected chi connectivity index (χ2v) is 3.34. The molecule has 4 heteroatoms. The molecule has 0 aliphatic carbocycles. The Morgan fingerprint density at radius 2 is 2.29 bits per heavy atom. The summed E-state index contributed by atoms with van der Waals surface area (Å²) in [6, 6.07) is 6.70. The monoisotopic (exact) mass is 227 g/mol. The van der Waals surface area contributed by atoms with E-state index in [2.05, 4.69) is 11.6 Å². The number of aliphatic imine (C=N–C) groups is 1. The number of benzene rings is 1. The highest BCUT2D eigenvalue weighted by atomic mass is 16.3. The van der Waals surface area contributed by atoms with Crippen molar-refractivity contribution in [3.63, 3.8) is 0 Å². The molecule has 1 aromatic carbocycles. The van der Waals surface area contributed by atoms with Crippen LogP contribution in [0.3, 0.4) is 0 Å². The predicted octanol–water partition coefficient (Wildman–Crippen LogP) is 2.17. The lowest BCUT2D eigenvalue weighted by molar-refractivity contribution is 0.473. The molecule has 1 rings (SSSR count). The zero-order valence-corrected chi connectivity index (χ0v) is 9.51. The maximum Gasteiger partial charge on any atom is 0.133 e.